The van der Waals surface area contributed by atoms with Crippen molar-refractivity contribution in [3.8, 4) is 11.8 Å². The second-order valence-electron chi connectivity index (χ2n) is 4.12. The summed E-state index contributed by atoms with van der Waals surface area (Å²) in [4.78, 5) is 8.78. The van der Waals surface area contributed by atoms with Crippen molar-refractivity contribution < 1.29 is 0 Å². The fraction of sp³-hybridized carbons (Fsp3) is 0.462. The van der Waals surface area contributed by atoms with Gasteiger partial charge in [0.15, 0.2) is 0 Å². The highest BCUT2D eigenvalue weighted by Gasteiger charge is 2.11. The van der Waals surface area contributed by atoms with Gasteiger partial charge in [0.1, 0.15) is 0 Å². The Balaban J connectivity index is 1.82. The maximum absolute atomic E-state index is 4.04. The minimum atomic E-state index is 0.864. The number of aromatic nitrogens is 1. The zero-order valence-corrected chi connectivity index (χ0v) is 9.69. The molecule has 3 heteroatoms. The van der Waals surface area contributed by atoms with Gasteiger partial charge in [-0.15, -0.1) is 0 Å². The van der Waals surface area contributed by atoms with Crippen molar-refractivity contribution in [2.75, 3.05) is 39.8 Å². The van der Waals surface area contributed by atoms with Crippen LogP contribution in [0.25, 0.3) is 0 Å². The summed E-state index contributed by atoms with van der Waals surface area (Å²) >= 11 is 0. The molecule has 0 aliphatic carbocycles. The third kappa shape index (κ3) is 3.34. The Hall–Kier alpha value is -1.37. The van der Waals surface area contributed by atoms with E-state index in [1.54, 1.807) is 12.4 Å². The van der Waals surface area contributed by atoms with Crippen molar-refractivity contribution in [1.82, 2.24) is 14.8 Å². The molecule has 0 aromatic carbocycles. The number of piperazine rings is 1. The van der Waals surface area contributed by atoms with Crippen LogP contribution in [0.3, 0.4) is 0 Å². The normalized spacial score (nSPS) is 17.8. The number of pyridine rings is 1. The van der Waals surface area contributed by atoms with Crippen LogP contribution in [0, 0.1) is 11.8 Å². The average Bonchev–Trinajstić information content (AvgIpc) is 2.33. The van der Waals surface area contributed by atoms with E-state index >= 15 is 0 Å². The van der Waals surface area contributed by atoms with Gasteiger partial charge in [-0.05, 0) is 19.2 Å². The number of likely N-dealkylation sites (N-methyl/N-ethyl adjacent to an activating group) is 1. The lowest BCUT2D eigenvalue weighted by Crippen LogP contribution is -2.44. The molecule has 1 aromatic rings. The van der Waals surface area contributed by atoms with E-state index < -0.39 is 0 Å². The van der Waals surface area contributed by atoms with Crippen LogP contribution in [0.1, 0.15) is 5.56 Å². The Bertz CT molecular complexity index is 369. The Morgan fingerprint density at radius 1 is 1.31 bits per heavy atom. The van der Waals surface area contributed by atoms with Gasteiger partial charge in [0.2, 0.25) is 0 Å². The maximum Gasteiger partial charge on any atom is 0.0606 e. The molecule has 0 saturated carbocycles. The molecule has 1 aliphatic rings. The summed E-state index contributed by atoms with van der Waals surface area (Å²) in [5.74, 6) is 6.34. The third-order valence-corrected chi connectivity index (χ3v) is 2.79. The quantitative estimate of drug-likeness (QED) is 0.642. The highest BCUT2D eigenvalue weighted by atomic mass is 15.2. The van der Waals surface area contributed by atoms with Crippen LogP contribution in [0.2, 0.25) is 0 Å². The predicted molar refractivity (Wildman–Crippen MR) is 65.1 cm³/mol. The first-order valence-electron chi connectivity index (χ1n) is 5.64. The number of hydrogen-bond acceptors (Lipinski definition) is 3. The van der Waals surface area contributed by atoms with Crippen molar-refractivity contribution in [2.45, 2.75) is 0 Å². The average molecular weight is 215 g/mol. The van der Waals surface area contributed by atoms with Gasteiger partial charge < -0.3 is 4.90 Å². The highest BCUT2D eigenvalue weighted by molar-refractivity contribution is 5.31. The van der Waals surface area contributed by atoms with E-state index in [4.69, 9.17) is 0 Å². The second kappa shape index (κ2) is 5.64. The zero-order valence-electron chi connectivity index (χ0n) is 9.69. The summed E-state index contributed by atoms with van der Waals surface area (Å²) in [6.07, 6.45) is 3.57. The molecule has 1 fully saturated rings. The fourth-order valence-corrected chi connectivity index (χ4v) is 1.70. The molecule has 0 bridgehead atoms. The van der Waals surface area contributed by atoms with E-state index in [1.807, 2.05) is 12.1 Å². The summed E-state index contributed by atoms with van der Waals surface area (Å²) < 4.78 is 0. The monoisotopic (exact) mass is 215 g/mol. The van der Waals surface area contributed by atoms with Crippen molar-refractivity contribution in [1.29, 1.82) is 0 Å². The first-order chi connectivity index (χ1) is 7.84. The van der Waals surface area contributed by atoms with Crippen LogP contribution in [0.15, 0.2) is 24.5 Å². The first kappa shape index (κ1) is 11.1. The van der Waals surface area contributed by atoms with E-state index in [9.17, 15) is 0 Å². The van der Waals surface area contributed by atoms with Gasteiger partial charge in [-0.1, -0.05) is 11.8 Å². The van der Waals surface area contributed by atoms with Gasteiger partial charge in [0, 0.05) is 44.1 Å². The van der Waals surface area contributed by atoms with E-state index in [2.05, 4.69) is 33.7 Å². The van der Waals surface area contributed by atoms with Crippen molar-refractivity contribution in [3.63, 3.8) is 0 Å². The molecule has 1 aromatic heterocycles. The molecule has 0 spiro atoms. The highest BCUT2D eigenvalue weighted by Crippen LogP contribution is 1.98. The second-order valence-corrected chi connectivity index (χ2v) is 4.12. The van der Waals surface area contributed by atoms with Crippen LogP contribution >= 0.6 is 0 Å². The standard InChI is InChI=1S/C13H17N3/c1-15-8-10-16(11-9-15)7-3-5-13-4-2-6-14-12-13/h2,4,6,12H,7-11H2,1H3. The molecule has 2 rings (SSSR count). The van der Waals surface area contributed by atoms with Crippen molar-refractivity contribution >= 4 is 0 Å². The largest absolute Gasteiger partial charge is 0.304 e. The topological polar surface area (TPSA) is 19.4 Å². The molecule has 1 aliphatic heterocycles. The van der Waals surface area contributed by atoms with E-state index in [-0.39, 0.29) is 0 Å². The van der Waals surface area contributed by atoms with Crippen LogP contribution < -0.4 is 0 Å². The summed E-state index contributed by atoms with van der Waals surface area (Å²) in [6, 6.07) is 3.91. The minimum absolute atomic E-state index is 0.864. The van der Waals surface area contributed by atoms with Crippen LogP contribution in [-0.2, 0) is 0 Å². The lowest BCUT2D eigenvalue weighted by Gasteiger charge is -2.30. The Kier molecular flexibility index (Phi) is 3.92. The van der Waals surface area contributed by atoms with Gasteiger partial charge in [0.05, 0.1) is 6.54 Å². The molecular weight excluding hydrogens is 198 g/mol. The molecule has 1 saturated heterocycles. The summed E-state index contributed by atoms with van der Waals surface area (Å²) in [7, 11) is 2.17. The molecule has 0 radical (unpaired) electrons. The molecule has 0 amide bonds. The van der Waals surface area contributed by atoms with E-state index in [0.717, 1.165) is 38.3 Å². The summed E-state index contributed by atoms with van der Waals surface area (Å²) in [5, 5.41) is 0. The van der Waals surface area contributed by atoms with Gasteiger partial charge in [-0.3, -0.25) is 9.88 Å². The molecule has 0 unspecified atom stereocenters. The van der Waals surface area contributed by atoms with E-state index in [1.165, 1.54) is 0 Å². The van der Waals surface area contributed by atoms with Gasteiger partial charge in [-0.25, -0.2) is 0 Å². The summed E-state index contributed by atoms with van der Waals surface area (Å²) in [5.41, 5.74) is 0.997. The maximum atomic E-state index is 4.04. The van der Waals surface area contributed by atoms with E-state index in [0.29, 0.717) is 0 Å². The van der Waals surface area contributed by atoms with Crippen LogP contribution in [0.4, 0.5) is 0 Å². The minimum Gasteiger partial charge on any atom is -0.304 e. The number of hydrogen-bond donors (Lipinski definition) is 0. The Morgan fingerprint density at radius 2 is 2.12 bits per heavy atom. The Labute approximate surface area is 97.1 Å². The fourth-order valence-electron chi connectivity index (χ4n) is 1.70. The summed E-state index contributed by atoms with van der Waals surface area (Å²) in [6.45, 7) is 5.41. The van der Waals surface area contributed by atoms with Crippen molar-refractivity contribution in [3.05, 3.63) is 30.1 Å². The van der Waals surface area contributed by atoms with Gasteiger partial charge in [0.25, 0.3) is 0 Å². The molecule has 0 atom stereocenters. The first-order valence-corrected chi connectivity index (χ1v) is 5.64. The Morgan fingerprint density at radius 3 is 2.81 bits per heavy atom. The number of nitrogens with zero attached hydrogens (tertiary/aromatic N) is 3. The van der Waals surface area contributed by atoms with Crippen LogP contribution in [0.5, 0.6) is 0 Å². The molecule has 0 N–H and O–H groups in total. The third-order valence-electron chi connectivity index (χ3n) is 2.79. The van der Waals surface area contributed by atoms with Gasteiger partial charge >= 0.3 is 0 Å². The zero-order chi connectivity index (χ0) is 11.2. The van der Waals surface area contributed by atoms with Crippen LogP contribution in [-0.4, -0.2) is 54.6 Å². The molecule has 3 nitrogen and oxygen atoms in total. The lowest BCUT2D eigenvalue weighted by molar-refractivity contribution is 0.168. The van der Waals surface area contributed by atoms with Crippen molar-refractivity contribution in [2.24, 2.45) is 0 Å². The molecule has 2 heterocycles. The lowest BCUT2D eigenvalue weighted by atomic mass is 10.3. The SMILES string of the molecule is CN1CCN(CC#Cc2cccnc2)CC1. The molecule has 16 heavy (non-hydrogen) atoms. The smallest absolute Gasteiger partial charge is 0.0606 e. The molecular formula is C13H17N3. The predicted octanol–water partition coefficient (Wildman–Crippen LogP) is 0.680. The number of rotatable bonds is 1. The molecule has 84 valence electrons. The van der Waals surface area contributed by atoms with Gasteiger partial charge in [-0.2, -0.15) is 0 Å².